The summed E-state index contributed by atoms with van der Waals surface area (Å²) in [6, 6.07) is 0. The molecule has 2 rings (SSSR count). The van der Waals surface area contributed by atoms with Gasteiger partial charge in [0.25, 0.3) is 11.3 Å². The third-order valence-corrected chi connectivity index (χ3v) is 7.72. The van der Waals surface area contributed by atoms with Crippen LogP contribution in [-0.4, -0.2) is 71.1 Å². The van der Waals surface area contributed by atoms with E-state index in [0.717, 1.165) is 5.92 Å². The predicted molar refractivity (Wildman–Crippen MR) is 105 cm³/mol. The number of rotatable bonds is 5. The summed E-state index contributed by atoms with van der Waals surface area (Å²) in [5, 5.41) is 0. The number of hydrogen-bond acceptors (Lipinski definition) is 0. The molecule has 2 atom stereocenters. The van der Waals surface area contributed by atoms with Crippen molar-refractivity contribution in [2.45, 2.75) is 129 Å². The molecule has 0 aromatic carbocycles. The van der Waals surface area contributed by atoms with Crippen LogP contribution in [0.15, 0.2) is 0 Å². The van der Waals surface area contributed by atoms with Crippen molar-refractivity contribution in [3.05, 3.63) is 0 Å². The Hall–Kier alpha value is -1.68. The Morgan fingerprint density at radius 1 is 0.435 bits per heavy atom. The second kappa shape index (κ2) is 11.7. The monoisotopic (exact) mass is 740 g/mol. The largest absolute Gasteiger partial charge is 0.435 e. The van der Waals surface area contributed by atoms with Crippen molar-refractivity contribution >= 4 is 0 Å². The first-order valence-corrected chi connectivity index (χ1v) is 12.5. The molecular formula is C22H20F24. The van der Waals surface area contributed by atoms with Gasteiger partial charge in [0.2, 0.25) is 0 Å². The van der Waals surface area contributed by atoms with Gasteiger partial charge in [0, 0.05) is 0 Å². The maximum Gasteiger partial charge on any atom is 0.435 e. The standard InChI is InChI=1S/C12F24.C10H20/c13-1(3(15,9(25,26)27)10(28,29)30)5(17,18)2(14,4(16,11(31,32)33)12(34,35)36)7(21,22)8(23,24)6(1,19)20;1-2-3-7-10-8-5-4-6-9-10/h;10H,2-9H2,1H3. The normalized spacial score (nSPS) is 29.2. The van der Waals surface area contributed by atoms with Crippen molar-refractivity contribution in [1.82, 2.24) is 0 Å². The molecule has 0 spiro atoms. The van der Waals surface area contributed by atoms with E-state index < -0.39 is 71.1 Å². The lowest BCUT2D eigenvalue weighted by atomic mass is 9.56. The van der Waals surface area contributed by atoms with Crippen LogP contribution < -0.4 is 0 Å². The molecule has 2 aliphatic carbocycles. The molecule has 0 N–H and O–H groups in total. The highest BCUT2D eigenvalue weighted by molar-refractivity contribution is 5.40. The highest BCUT2D eigenvalue weighted by Crippen LogP contribution is 2.79. The first-order valence-electron chi connectivity index (χ1n) is 12.5. The van der Waals surface area contributed by atoms with Crippen LogP contribution in [0.5, 0.6) is 0 Å². The number of halogens is 24. The lowest BCUT2D eigenvalue weighted by molar-refractivity contribution is -0.539. The molecule has 0 aromatic heterocycles. The van der Waals surface area contributed by atoms with Crippen LogP contribution in [0.4, 0.5) is 105 Å². The van der Waals surface area contributed by atoms with Gasteiger partial charge in [0.1, 0.15) is 0 Å². The Balaban J connectivity index is 0.000000892. The van der Waals surface area contributed by atoms with E-state index in [1.807, 2.05) is 0 Å². The fourth-order valence-electron chi connectivity index (χ4n) is 5.20. The third kappa shape index (κ3) is 5.16. The quantitative estimate of drug-likeness (QED) is 0.246. The van der Waals surface area contributed by atoms with Gasteiger partial charge in [-0.3, -0.25) is 0 Å². The first-order chi connectivity index (χ1) is 19.9. The molecule has 276 valence electrons. The van der Waals surface area contributed by atoms with E-state index in [9.17, 15) is 105 Å². The van der Waals surface area contributed by atoms with Crippen LogP contribution >= 0.6 is 0 Å². The summed E-state index contributed by atoms with van der Waals surface area (Å²) in [4.78, 5) is 0. The maximum absolute atomic E-state index is 14.5. The van der Waals surface area contributed by atoms with Gasteiger partial charge in [-0.2, -0.15) is 87.8 Å². The summed E-state index contributed by atoms with van der Waals surface area (Å²) in [6.45, 7) is 2.29. The van der Waals surface area contributed by atoms with E-state index in [-0.39, 0.29) is 0 Å². The van der Waals surface area contributed by atoms with E-state index in [1.54, 1.807) is 0 Å². The molecule has 0 heterocycles. The van der Waals surface area contributed by atoms with Gasteiger partial charge in [-0.25, -0.2) is 17.6 Å². The minimum Gasteiger partial charge on any atom is -0.226 e. The van der Waals surface area contributed by atoms with Gasteiger partial charge in [-0.05, 0) is 5.92 Å². The Bertz CT molecular complexity index is 944. The van der Waals surface area contributed by atoms with Crippen molar-refractivity contribution in [2.24, 2.45) is 5.92 Å². The van der Waals surface area contributed by atoms with Crippen LogP contribution in [0.2, 0.25) is 0 Å². The van der Waals surface area contributed by atoms with Crippen LogP contribution in [-0.2, 0) is 0 Å². The molecule has 2 fully saturated rings. The second-order valence-electron chi connectivity index (χ2n) is 10.6. The summed E-state index contributed by atoms with van der Waals surface area (Å²) < 4.78 is 320. The van der Waals surface area contributed by atoms with Crippen molar-refractivity contribution in [3.8, 4) is 0 Å². The molecule has 0 radical (unpaired) electrons. The topological polar surface area (TPSA) is 0 Å². The van der Waals surface area contributed by atoms with Crippen LogP contribution in [0.3, 0.4) is 0 Å². The molecule has 2 saturated carbocycles. The first kappa shape index (κ1) is 42.3. The SMILES string of the molecule is CCCCC1CCCCC1.FC(F)(F)C(F)(C(F)(F)F)C1(F)C(F)(F)C(F)(F)C(F)(F)C(F)(C(F)(C(F)(F)F)C(F)(F)F)C1(F)F. The fourth-order valence-corrected chi connectivity index (χ4v) is 5.20. The minimum atomic E-state index is -9.94. The molecule has 24 heteroatoms. The molecule has 0 nitrogen and oxygen atoms in total. The maximum atomic E-state index is 14.5. The van der Waals surface area contributed by atoms with Crippen molar-refractivity contribution in [2.75, 3.05) is 0 Å². The van der Waals surface area contributed by atoms with Gasteiger partial charge in [0.05, 0.1) is 0 Å². The molecule has 2 unspecified atom stereocenters. The molecule has 0 aromatic rings. The molecule has 0 amide bonds. The average molecular weight is 740 g/mol. The molecule has 46 heavy (non-hydrogen) atoms. The van der Waals surface area contributed by atoms with Gasteiger partial charge in [-0.15, -0.1) is 0 Å². The zero-order valence-corrected chi connectivity index (χ0v) is 22.3. The van der Waals surface area contributed by atoms with E-state index in [4.69, 9.17) is 0 Å². The van der Waals surface area contributed by atoms with Gasteiger partial charge < -0.3 is 0 Å². The van der Waals surface area contributed by atoms with E-state index >= 15 is 0 Å². The highest BCUT2D eigenvalue weighted by atomic mass is 19.4. The third-order valence-electron chi connectivity index (χ3n) is 7.72. The molecule has 0 saturated heterocycles. The molecule has 2 aliphatic rings. The molecule has 0 aliphatic heterocycles. The Morgan fingerprint density at radius 2 is 0.717 bits per heavy atom. The van der Waals surface area contributed by atoms with E-state index in [1.165, 1.54) is 51.4 Å². The zero-order valence-electron chi connectivity index (χ0n) is 22.3. The van der Waals surface area contributed by atoms with Crippen molar-refractivity contribution < 1.29 is 105 Å². The number of unbranched alkanes of at least 4 members (excludes halogenated alkanes) is 1. The second-order valence-corrected chi connectivity index (χ2v) is 10.6. The van der Waals surface area contributed by atoms with Crippen LogP contribution in [0.1, 0.15) is 58.3 Å². The summed E-state index contributed by atoms with van der Waals surface area (Å²) >= 11 is 0. The minimum absolute atomic E-state index is 1.11. The summed E-state index contributed by atoms with van der Waals surface area (Å²) in [5.74, 6) is -36.9. The fraction of sp³-hybridized carbons (Fsp3) is 1.00. The van der Waals surface area contributed by atoms with Crippen molar-refractivity contribution in [3.63, 3.8) is 0 Å². The van der Waals surface area contributed by atoms with Crippen LogP contribution in [0.25, 0.3) is 0 Å². The Kier molecular flexibility index (Phi) is 10.8. The summed E-state index contributed by atoms with van der Waals surface area (Å²) in [5.41, 5.74) is -39.0. The Morgan fingerprint density at radius 3 is 0.957 bits per heavy atom. The lowest BCUT2D eigenvalue weighted by Gasteiger charge is -2.60. The van der Waals surface area contributed by atoms with Crippen LogP contribution in [0, 0.1) is 5.92 Å². The predicted octanol–water partition coefficient (Wildman–Crippen LogP) is 11.4. The smallest absolute Gasteiger partial charge is 0.226 e. The molecular weight excluding hydrogens is 720 g/mol. The highest BCUT2D eigenvalue weighted by Gasteiger charge is 3.13. The zero-order chi connectivity index (χ0) is 37.2. The summed E-state index contributed by atoms with van der Waals surface area (Å²) in [6.07, 6.45) is -23.8. The number of hydrogen-bond donors (Lipinski definition) is 0. The van der Waals surface area contributed by atoms with Gasteiger partial charge in [0.15, 0.2) is 0 Å². The molecule has 0 bridgehead atoms. The van der Waals surface area contributed by atoms with E-state index in [2.05, 4.69) is 6.92 Å². The number of alkyl halides is 24. The van der Waals surface area contributed by atoms with Gasteiger partial charge in [-0.1, -0.05) is 58.3 Å². The van der Waals surface area contributed by atoms with Gasteiger partial charge >= 0.3 is 59.7 Å². The van der Waals surface area contributed by atoms with E-state index in [0.29, 0.717) is 0 Å². The summed E-state index contributed by atoms with van der Waals surface area (Å²) in [7, 11) is 0. The van der Waals surface area contributed by atoms with Crippen molar-refractivity contribution in [1.29, 1.82) is 0 Å². The lowest BCUT2D eigenvalue weighted by Crippen LogP contribution is -2.96. The Labute approximate surface area is 241 Å². The average Bonchev–Trinajstić information content (AvgIpc) is 2.87.